The van der Waals surface area contributed by atoms with Crippen molar-refractivity contribution in [2.75, 3.05) is 39.6 Å². The lowest BCUT2D eigenvalue weighted by atomic mass is 10.5. The molecule has 96 valence electrons. The van der Waals surface area contributed by atoms with Crippen LogP contribution in [0.3, 0.4) is 0 Å². The van der Waals surface area contributed by atoms with Gasteiger partial charge in [0, 0.05) is 12.7 Å². The maximum absolute atomic E-state index is 10.6. The van der Waals surface area contributed by atoms with E-state index in [1.807, 2.05) is 0 Å². The van der Waals surface area contributed by atoms with Gasteiger partial charge in [0.2, 0.25) is 6.08 Å². The van der Waals surface area contributed by atoms with E-state index in [9.17, 15) is 9.59 Å². The van der Waals surface area contributed by atoms with E-state index < -0.39 is 5.97 Å². The van der Waals surface area contributed by atoms with Gasteiger partial charge in [0.15, 0.2) is 0 Å². The Morgan fingerprint density at radius 3 is 2.47 bits per heavy atom. The molecule has 0 bridgehead atoms. The topological polar surface area (TPSA) is 74.2 Å². The predicted octanol–water partition coefficient (Wildman–Crippen LogP) is 0.475. The van der Waals surface area contributed by atoms with Crippen molar-refractivity contribution in [3.8, 4) is 0 Å². The summed E-state index contributed by atoms with van der Waals surface area (Å²) in [6.07, 6.45) is 3.24. The van der Waals surface area contributed by atoms with E-state index in [0.717, 1.165) is 6.08 Å². The molecule has 0 saturated carbocycles. The molecule has 0 aliphatic carbocycles. The average Bonchev–Trinajstić information content (AvgIpc) is 2.35. The van der Waals surface area contributed by atoms with Gasteiger partial charge in [0.05, 0.1) is 26.4 Å². The third-order valence-electron chi connectivity index (χ3n) is 1.63. The Kier molecular flexibility index (Phi) is 11.5. The highest BCUT2D eigenvalue weighted by atomic mass is 16.6. The SMILES string of the molecule is C=CC(=O)OCCOCCOCCCN=C=O. The molecule has 0 aromatic carbocycles. The third kappa shape index (κ3) is 12.4. The van der Waals surface area contributed by atoms with Crippen molar-refractivity contribution in [3.63, 3.8) is 0 Å². The highest BCUT2D eigenvalue weighted by molar-refractivity contribution is 5.81. The maximum atomic E-state index is 10.6. The molecule has 6 nitrogen and oxygen atoms in total. The monoisotopic (exact) mass is 243 g/mol. The molecule has 0 amide bonds. The summed E-state index contributed by atoms with van der Waals surface area (Å²) in [5, 5.41) is 0. The number of hydrogen-bond acceptors (Lipinski definition) is 6. The smallest absolute Gasteiger partial charge is 0.330 e. The molecule has 0 N–H and O–H groups in total. The molecular formula is C11H17NO5. The Balaban J connectivity index is 3.05. The Morgan fingerprint density at radius 1 is 1.18 bits per heavy atom. The zero-order valence-electron chi connectivity index (χ0n) is 9.72. The zero-order valence-corrected chi connectivity index (χ0v) is 9.72. The molecule has 0 radical (unpaired) electrons. The van der Waals surface area contributed by atoms with E-state index >= 15 is 0 Å². The molecule has 0 heterocycles. The van der Waals surface area contributed by atoms with Gasteiger partial charge in [-0.25, -0.2) is 14.6 Å². The van der Waals surface area contributed by atoms with E-state index in [0.29, 0.717) is 39.4 Å². The maximum Gasteiger partial charge on any atom is 0.330 e. The Bertz CT molecular complexity index is 261. The van der Waals surface area contributed by atoms with Gasteiger partial charge in [-0.3, -0.25) is 0 Å². The number of ether oxygens (including phenoxy) is 3. The number of carbonyl (C=O) groups is 1. The fourth-order valence-corrected chi connectivity index (χ4v) is 0.873. The van der Waals surface area contributed by atoms with E-state index in [-0.39, 0.29) is 6.61 Å². The van der Waals surface area contributed by atoms with Gasteiger partial charge in [-0.2, -0.15) is 0 Å². The lowest BCUT2D eigenvalue weighted by Crippen LogP contribution is -2.11. The predicted molar refractivity (Wildman–Crippen MR) is 60.4 cm³/mol. The van der Waals surface area contributed by atoms with Crippen LogP contribution >= 0.6 is 0 Å². The summed E-state index contributed by atoms with van der Waals surface area (Å²) in [5.41, 5.74) is 0. The summed E-state index contributed by atoms with van der Waals surface area (Å²) < 4.78 is 15.0. The van der Waals surface area contributed by atoms with Gasteiger partial charge in [0.25, 0.3) is 0 Å². The summed E-state index contributed by atoms with van der Waals surface area (Å²) in [5.74, 6) is -0.458. The quantitative estimate of drug-likeness (QED) is 0.173. The van der Waals surface area contributed by atoms with Gasteiger partial charge in [0.1, 0.15) is 6.61 Å². The van der Waals surface area contributed by atoms with Gasteiger partial charge < -0.3 is 14.2 Å². The van der Waals surface area contributed by atoms with Crippen molar-refractivity contribution >= 4 is 12.0 Å². The number of carbonyl (C=O) groups excluding carboxylic acids is 2. The first-order valence-electron chi connectivity index (χ1n) is 5.29. The largest absolute Gasteiger partial charge is 0.460 e. The van der Waals surface area contributed by atoms with Crippen molar-refractivity contribution in [2.24, 2.45) is 4.99 Å². The average molecular weight is 243 g/mol. The third-order valence-corrected chi connectivity index (χ3v) is 1.63. The molecule has 0 aromatic heterocycles. The van der Waals surface area contributed by atoms with Crippen LogP contribution in [0, 0.1) is 0 Å². The standard InChI is InChI=1S/C11H17NO5/c1-2-11(14)17-9-8-16-7-6-15-5-3-4-12-10-13/h2H,1,3-9H2. The minimum atomic E-state index is -0.458. The van der Waals surface area contributed by atoms with Crippen LogP contribution in [0.15, 0.2) is 17.6 Å². The number of nitrogens with zero attached hydrogens (tertiary/aromatic N) is 1. The van der Waals surface area contributed by atoms with E-state index in [1.165, 1.54) is 6.08 Å². The zero-order chi connectivity index (χ0) is 12.8. The second-order valence-corrected chi connectivity index (χ2v) is 2.92. The van der Waals surface area contributed by atoms with Crippen molar-refractivity contribution in [3.05, 3.63) is 12.7 Å². The second kappa shape index (κ2) is 12.6. The molecule has 0 aliphatic heterocycles. The fraction of sp³-hybridized carbons (Fsp3) is 0.636. The van der Waals surface area contributed by atoms with Gasteiger partial charge in [-0.05, 0) is 6.42 Å². The Labute approximate surface area is 100 Å². The molecule has 17 heavy (non-hydrogen) atoms. The molecule has 6 heteroatoms. The van der Waals surface area contributed by atoms with Crippen LogP contribution < -0.4 is 0 Å². The molecule has 0 fully saturated rings. The van der Waals surface area contributed by atoms with Crippen LogP contribution in [-0.4, -0.2) is 51.6 Å². The molecule has 0 spiro atoms. The van der Waals surface area contributed by atoms with Gasteiger partial charge in [-0.15, -0.1) is 0 Å². The Hall–Kier alpha value is -1.49. The minimum absolute atomic E-state index is 0.207. The molecule has 0 saturated heterocycles. The Morgan fingerprint density at radius 2 is 1.82 bits per heavy atom. The first-order valence-corrected chi connectivity index (χ1v) is 5.29. The number of isocyanates is 1. The van der Waals surface area contributed by atoms with Gasteiger partial charge >= 0.3 is 5.97 Å². The first kappa shape index (κ1) is 15.5. The van der Waals surface area contributed by atoms with E-state index in [4.69, 9.17) is 14.2 Å². The number of aliphatic imine (C=N–C) groups is 1. The number of hydrogen-bond donors (Lipinski definition) is 0. The van der Waals surface area contributed by atoms with Crippen molar-refractivity contribution < 1.29 is 23.8 Å². The minimum Gasteiger partial charge on any atom is -0.460 e. The van der Waals surface area contributed by atoms with Gasteiger partial charge in [-0.1, -0.05) is 6.58 Å². The second-order valence-electron chi connectivity index (χ2n) is 2.92. The van der Waals surface area contributed by atoms with Crippen molar-refractivity contribution in [2.45, 2.75) is 6.42 Å². The van der Waals surface area contributed by atoms with Crippen LogP contribution in [0.2, 0.25) is 0 Å². The van der Waals surface area contributed by atoms with Crippen LogP contribution in [0.4, 0.5) is 0 Å². The summed E-state index contributed by atoms with van der Waals surface area (Å²) in [6, 6.07) is 0. The molecule has 0 aliphatic rings. The summed E-state index contributed by atoms with van der Waals surface area (Å²) >= 11 is 0. The first-order chi connectivity index (χ1) is 8.31. The van der Waals surface area contributed by atoms with Crippen molar-refractivity contribution in [1.82, 2.24) is 0 Å². The van der Waals surface area contributed by atoms with E-state index in [2.05, 4.69) is 11.6 Å². The highest BCUT2D eigenvalue weighted by Gasteiger charge is 1.95. The summed E-state index contributed by atoms with van der Waals surface area (Å²) in [6.45, 7) is 5.65. The normalized spacial score (nSPS) is 9.41. The molecule has 0 aromatic rings. The van der Waals surface area contributed by atoms with Crippen LogP contribution in [0.1, 0.15) is 6.42 Å². The molecule has 0 unspecified atom stereocenters. The summed E-state index contributed by atoms with van der Waals surface area (Å²) in [7, 11) is 0. The van der Waals surface area contributed by atoms with E-state index in [1.54, 1.807) is 0 Å². The fourth-order valence-electron chi connectivity index (χ4n) is 0.873. The summed E-state index contributed by atoms with van der Waals surface area (Å²) in [4.78, 5) is 23.7. The number of rotatable bonds is 11. The van der Waals surface area contributed by atoms with Crippen LogP contribution in [0.5, 0.6) is 0 Å². The van der Waals surface area contributed by atoms with Crippen molar-refractivity contribution in [1.29, 1.82) is 0 Å². The number of esters is 1. The van der Waals surface area contributed by atoms with Crippen LogP contribution in [0.25, 0.3) is 0 Å². The highest BCUT2D eigenvalue weighted by Crippen LogP contribution is 1.85. The molecular weight excluding hydrogens is 226 g/mol. The van der Waals surface area contributed by atoms with Crippen LogP contribution in [-0.2, 0) is 23.8 Å². The molecule has 0 atom stereocenters. The lowest BCUT2D eigenvalue weighted by Gasteiger charge is -2.05. The molecule has 0 rings (SSSR count). The lowest BCUT2D eigenvalue weighted by molar-refractivity contribution is -0.139.